The van der Waals surface area contributed by atoms with Crippen molar-refractivity contribution >= 4 is 33.5 Å². The van der Waals surface area contributed by atoms with Gasteiger partial charge in [0.1, 0.15) is 11.3 Å². The Kier molecular flexibility index (Phi) is 5.27. The van der Waals surface area contributed by atoms with E-state index in [0.29, 0.717) is 10.9 Å². The molecular weight excluding hydrogens is 319 g/mol. The molecule has 0 aliphatic carbocycles. The van der Waals surface area contributed by atoms with Crippen molar-refractivity contribution in [3.63, 3.8) is 0 Å². The molecule has 0 bridgehead atoms. The van der Waals surface area contributed by atoms with Gasteiger partial charge in [-0.3, -0.25) is 4.98 Å². The van der Waals surface area contributed by atoms with E-state index in [4.69, 9.17) is 11.6 Å². The molecule has 94 valence electrons. The summed E-state index contributed by atoms with van der Waals surface area (Å²) in [5.41, 5.74) is -0.558. The van der Waals surface area contributed by atoms with Crippen molar-refractivity contribution in [3.8, 4) is 0 Å². The molecule has 1 aromatic rings. The maximum atomic E-state index is 12.7. The second kappa shape index (κ2) is 6.26. The summed E-state index contributed by atoms with van der Waals surface area (Å²) in [6, 6.07) is 0. The van der Waals surface area contributed by atoms with E-state index in [1.807, 2.05) is 0 Å². The normalized spacial score (nSPS) is 10.7. The van der Waals surface area contributed by atoms with Crippen LogP contribution < -0.4 is 0 Å². The SMILES string of the molecule is CCOC(=O)c1c(C(F)F)ncc(CBr)c1Cl. The molecule has 1 rings (SSSR count). The second-order valence-electron chi connectivity index (χ2n) is 3.01. The van der Waals surface area contributed by atoms with Crippen LogP contribution in [0.2, 0.25) is 5.02 Å². The summed E-state index contributed by atoms with van der Waals surface area (Å²) in [5.74, 6) is -0.886. The first-order chi connectivity index (χ1) is 8.02. The topological polar surface area (TPSA) is 39.2 Å². The van der Waals surface area contributed by atoms with E-state index in [1.54, 1.807) is 6.92 Å². The van der Waals surface area contributed by atoms with Gasteiger partial charge in [0, 0.05) is 17.1 Å². The van der Waals surface area contributed by atoms with E-state index < -0.39 is 18.1 Å². The summed E-state index contributed by atoms with van der Waals surface area (Å²) in [7, 11) is 0. The Hall–Kier alpha value is -0.750. The molecule has 0 N–H and O–H groups in total. The zero-order valence-corrected chi connectivity index (χ0v) is 11.2. The average Bonchev–Trinajstić information content (AvgIpc) is 2.28. The number of alkyl halides is 3. The molecule has 0 atom stereocenters. The van der Waals surface area contributed by atoms with Gasteiger partial charge < -0.3 is 4.74 Å². The standard InChI is InChI=1S/C10H9BrClF2NO2/c1-2-17-10(16)6-7(12)5(3-11)4-15-8(6)9(13)14/h4,9H,2-3H2,1H3. The Bertz CT molecular complexity index is 429. The summed E-state index contributed by atoms with van der Waals surface area (Å²) in [4.78, 5) is 15.1. The highest BCUT2D eigenvalue weighted by atomic mass is 79.9. The Morgan fingerprint density at radius 1 is 1.65 bits per heavy atom. The minimum Gasteiger partial charge on any atom is -0.462 e. The van der Waals surface area contributed by atoms with Gasteiger partial charge in [0.05, 0.1) is 11.6 Å². The number of rotatable bonds is 4. The highest BCUT2D eigenvalue weighted by Crippen LogP contribution is 2.30. The molecule has 0 spiro atoms. The Morgan fingerprint density at radius 3 is 2.76 bits per heavy atom. The molecule has 3 nitrogen and oxygen atoms in total. The van der Waals surface area contributed by atoms with E-state index in [9.17, 15) is 13.6 Å². The number of esters is 1. The summed E-state index contributed by atoms with van der Waals surface area (Å²) in [6.45, 7) is 1.66. The minimum atomic E-state index is -2.88. The van der Waals surface area contributed by atoms with Crippen LogP contribution in [0.15, 0.2) is 6.20 Å². The van der Waals surface area contributed by atoms with Gasteiger partial charge in [-0.25, -0.2) is 13.6 Å². The lowest BCUT2D eigenvalue weighted by atomic mass is 10.1. The molecule has 0 fully saturated rings. The van der Waals surface area contributed by atoms with Gasteiger partial charge in [-0.05, 0) is 6.92 Å². The molecule has 0 radical (unpaired) electrons. The van der Waals surface area contributed by atoms with Gasteiger partial charge in [0.15, 0.2) is 0 Å². The van der Waals surface area contributed by atoms with Crippen molar-refractivity contribution < 1.29 is 18.3 Å². The number of carbonyl (C=O) groups excluding carboxylic acids is 1. The molecule has 0 aliphatic heterocycles. The number of halogens is 4. The minimum absolute atomic E-state index is 0.0503. The predicted octanol–water partition coefficient (Wildman–Crippen LogP) is 3.74. The van der Waals surface area contributed by atoms with E-state index in [-0.39, 0.29) is 17.2 Å². The quantitative estimate of drug-likeness (QED) is 0.624. The Morgan fingerprint density at radius 2 is 2.29 bits per heavy atom. The third-order valence-electron chi connectivity index (χ3n) is 1.95. The first-order valence-corrected chi connectivity index (χ1v) is 6.21. The number of nitrogens with zero attached hydrogens (tertiary/aromatic N) is 1. The molecular formula is C10H9BrClF2NO2. The zero-order chi connectivity index (χ0) is 13.0. The first kappa shape index (κ1) is 14.3. The summed E-state index contributed by atoms with van der Waals surface area (Å²) in [5, 5.41) is 0.264. The number of hydrogen-bond acceptors (Lipinski definition) is 3. The number of ether oxygens (including phenoxy) is 1. The molecule has 17 heavy (non-hydrogen) atoms. The third-order valence-corrected chi connectivity index (χ3v) is 2.98. The van der Waals surface area contributed by atoms with Crippen LogP contribution in [0.5, 0.6) is 0 Å². The summed E-state index contributed by atoms with van der Waals surface area (Å²) >= 11 is 9.01. The summed E-state index contributed by atoms with van der Waals surface area (Å²) in [6.07, 6.45) is -1.67. The highest BCUT2D eigenvalue weighted by Gasteiger charge is 2.25. The van der Waals surface area contributed by atoms with Crippen LogP contribution >= 0.6 is 27.5 Å². The van der Waals surface area contributed by atoms with Crippen molar-refractivity contribution in [2.45, 2.75) is 18.7 Å². The average molecular weight is 329 g/mol. The van der Waals surface area contributed by atoms with Gasteiger partial charge in [-0.15, -0.1) is 0 Å². The first-order valence-electron chi connectivity index (χ1n) is 4.71. The second-order valence-corrected chi connectivity index (χ2v) is 3.95. The maximum Gasteiger partial charge on any atom is 0.341 e. The van der Waals surface area contributed by atoms with Crippen LogP contribution in [0.3, 0.4) is 0 Å². The van der Waals surface area contributed by atoms with Crippen molar-refractivity contribution in [2.75, 3.05) is 6.61 Å². The van der Waals surface area contributed by atoms with Crippen LogP contribution in [-0.2, 0) is 10.1 Å². The molecule has 1 heterocycles. The Labute approximate surface area is 110 Å². The molecule has 1 aromatic heterocycles. The zero-order valence-electron chi connectivity index (χ0n) is 8.84. The van der Waals surface area contributed by atoms with Crippen molar-refractivity contribution in [2.24, 2.45) is 0 Å². The lowest BCUT2D eigenvalue weighted by Gasteiger charge is -2.11. The Balaban J connectivity index is 3.34. The van der Waals surface area contributed by atoms with Crippen LogP contribution in [0, 0.1) is 0 Å². The predicted molar refractivity (Wildman–Crippen MR) is 62.8 cm³/mol. The van der Waals surface area contributed by atoms with Crippen molar-refractivity contribution in [1.29, 1.82) is 0 Å². The molecule has 0 amide bonds. The molecule has 0 unspecified atom stereocenters. The van der Waals surface area contributed by atoms with E-state index in [2.05, 4.69) is 25.7 Å². The molecule has 0 aromatic carbocycles. The van der Waals surface area contributed by atoms with Gasteiger partial charge in [-0.1, -0.05) is 27.5 Å². The molecule has 7 heteroatoms. The van der Waals surface area contributed by atoms with Gasteiger partial charge in [0.25, 0.3) is 6.43 Å². The van der Waals surface area contributed by atoms with E-state index >= 15 is 0 Å². The number of aromatic nitrogens is 1. The van der Waals surface area contributed by atoms with Gasteiger partial charge >= 0.3 is 5.97 Å². The fourth-order valence-electron chi connectivity index (χ4n) is 1.20. The molecule has 0 saturated carbocycles. The fraction of sp³-hybridized carbons (Fsp3) is 0.400. The van der Waals surface area contributed by atoms with E-state index in [1.165, 1.54) is 6.20 Å². The largest absolute Gasteiger partial charge is 0.462 e. The van der Waals surface area contributed by atoms with Crippen molar-refractivity contribution in [1.82, 2.24) is 4.98 Å². The molecule has 0 saturated heterocycles. The lowest BCUT2D eigenvalue weighted by molar-refractivity contribution is 0.0513. The smallest absolute Gasteiger partial charge is 0.341 e. The lowest BCUT2D eigenvalue weighted by Crippen LogP contribution is -2.12. The fourth-order valence-corrected chi connectivity index (χ4v) is 2.07. The van der Waals surface area contributed by atoms with Crippen LogP contribution in [0.25, 0.3) is 0 Å². The van der Waals surface area contributed by atoms with Gasteiger partial charge in [0.2, 0.25) is 0 Å². The van der Waals surface area contributed by atoms with Crippen LogP contribution in [0.4, 0.5) is 8.78 Å². The monoisotopic (exact) mass is 327 g/mol. The maximum absolute atomic E-state index is 12.7. The number of carbonyl (C=O) groups is 1. The summed E-state index contributed by atoms with van der Waals surface area (Å²) < 4.78 is 30.1. The van der Waals surface area contributed by atoms with Gasteiger partial charge in [-0.2, -0.15) is 0 Å². The van der Waals surface area contributed by atoms with Crippen molar-refractivity contribution in [3.05, 3.63) is 28.0 Å². The molecule has 0 aliphatic rings. The van der Waals surface area contributed by atoms with E-state index in [0.717, 1.165) is 0 Å². The third kappa shape index (κ3) is 3.13. The number of pyridine rings is 1. The highest BCUT2D eigenvalue weighted by molar-refractivity contribution is 9.08. The van der Waals surface area contributed by atoms with Crippen LogP contribution in [0.1, 0.15) is 35.0 Å². The van der Waals surface area contributed by atoms with Crippen LogP contribution in [-0.4, -0.2) is 17.6 Å². The number of hydrogen-bond donors (Lipinski definition) is 0.